The Balaban J connectivity index is 2.21. The summed E-state index contributed by atoms with van der Waals surface area (Å²) in [5, 5.41) is 2.60. The van der Waals surface area contributed by atoms with E-state index in [9.17, 15) is 4.79 Å². The number of benzene rings is 1. The van der Waals surface area contributed by atoms with Crippen LogP contribution in [0.3, 0.4) is 0 Å². The number of hydrogen-bond donors (Lipinski definition) is 1. The SMILES string of the molecule is CN(C)c1ccc(/C=C2/SC(=S)NC2=O)cc1. The Morgan fingerprint density at radius 2 is 1.94 bits per heavy atom. The van der Waals surface area contributed by atoms with Crippen LogP contribution in [0.1, 0.15) is 5.56 Å². The summed E-state index contributed by atoms with van der Waals surface area (Å²) in [5.74, 6) is -0.114. The van der Waals surface area contributed by atoms with Gasteiger partial charge in [-0.15, -0.1) is 0 Å². The first-order chi connectivity index (χ1) is 8.06. The molecule has 0 aromatic heterocycles. The van der Waals surface area contributed by atoms with E-state index in [0.29, 0.717) is 9.23 Å². The molecule has 3 nitrogen and oxygen atoms in total. The van der Waals surface area contributed by atoms with Crippen LogP contribution in [-0.4, -0.2) is 24.3 Å². The van der Waals surface area contributed by atoms with Crippen molar-refractivity contribution in [1.29, 1.82) is 0 Å². The second-order valence-electron chi connectivity index (χ2n) is 3.84. The fourth-order valence-electron chi connectivity index (χ4n) is 1.44. The molecule has 17 heavy (non-hydrogen) atoms. The first-order valence-corrected chi connectivity index (χ1v) is 6.31. The number of carbonyl (C=O) groups excluding carboxylic acids is 1. The highest BCUT2D eigenvalue weighted by atomic mass is 32.2. The van der Waals surface area contributed by atoms with E-state index in [1.165, 1.54) is 11.8 Å². The quantitative estimate of drug-likeness (QED) is 0.656. The van der Waals surface area contributed by atoms with Gasteiger partial charge in [0.25, 0.3) is 5.91 Å². The average Bonchev–Trinajstić information content (AvgIpc) is 2.58. The lowest BCUT2D eigenvalue weighted by atomic mass is 10.2. The van der Waals surface area contributed by atoms with E-state index in [1.54, 1.807) is 0 Å². The molecule has 1 N–H and O–H groups in total. The van der Waals surface area contributed by atoms with Crippen molar-refractivity contribution in [1.82, 2.24) is 5.32 Å². The number of carbonyl (C=O) groups is 1. The molecule has 1 heterocycles. The van der Waals surface area contributed by atoms with Gasteiger partial charge in [0.2, 0.25) is 0 Å². The average molecular weight is 264 g/mol. The summed E-state index contributed by atoms with van der Waals surface area (Å²) in [5.41, 5.74) is 2.13. The Morgan fingerprint density at radius 3 is 2.41 bits per heavy atom. The van der Waals surface area contributed by atoms with E-state index in [2.05, 4.69) is 5.32 Å². The Labute approximate surface area is 110 Å². The highest BCUT2D eigenvalue weighted by Crippen LogP contribution is 2.26. The second-order valence-corrected chi connectivity index (χ2v) is 5.56. The van der Waals surface area contributed by atoms with E-state index < -0.39 is 0 Å². The third kappa shape index (κ3) is 2.87. The minimum atomic E-state index is -0.114. The number of hydrogen-bond acceptors (Lipinski definition) is 4. The first kappa shape index (κ1) is 12.1. The van der Waals surface area contributed by atoms with Crippen molar-refractivity contribution in [2.75, 3.05) is 19.0 Å². The van der Waals surface area contributed by atoms with E-state index in [4.69, 9.17) is 12.2 Å². The molecule has 0 saturated carbocycles. The molecule has 88 valence electrons. The molecule has 0 atom stereocenters. The van der Waals surface area contributed by atoms with Gasteiger partial charge in [-0.1, -0.05) is 36.1 Å². The zero-order valence-corrected chi connectivity index (χ0v) is 11.2. The lowest BCUT2D eigenvalue weighted by Crippen LogP contribution is -2.17. The molecule has 1 saturated heterocycles. The molecule has 0 aliphatic carbocycles. The molecule has 1 aliphatic heterocycles. The third-order valence-corrected chi connectivity index (χ3v) is 3.51. The highest BCUT2D eigenvalue weighted by molar-refractivity contribution is 8.26. The van der Waals surface area contributed by atoms with Gasteiger partial charge in [0, 0.05) is 19.8 Å². The van der Waals surface area contributed by atoms with Crippen LogP contribution in [0.4, 0.5) is 5.69 Å². The second kappa shape index (κ2) is 4.89. The third-order valence-electron chi connectivity index (χ3n) is 2.35. The summed E-state index contributed by atoms with van der Waals surface area (Å²) in [4.78, 5) is 14.1. The van der Waals surface area contributed by atoms with Gasteiger partial charge in [-0.05, 0) is 23.8 Å². The van der Waals surface area contributed by atoms with Crippen LogP contribution >= 0.6 is 24.0 Å². The molecule has 1 aromatic carbocycles. The van der Waals surface area contributed by atoms with Crippen LogP contribution in [0, 0.1) is 0 Å². The number of nitrogens with one attached hydrogen (secondary N) is 1. The molecule has 1 aliphatic rings. The van der Waals surface area contributed by atoms with Crippen molar-refractivity contribution >= 4 is 46.0 Å². The minimum Gasteiger partial charge on any atom is -0.378 e. The normalized spacial score (nSPS) is 17.4. The first-order valence-electron chi connectivity index (χ1n) is 5.08. The molecule has 2 rings (SSSR count). The summed E-state index contributed by atoms with van der Waals surface area (Å²) in [7, 11) is 3.98. The fraction of sp³-hybridized carbons (Fsp3) is 0.167. The molecular formula is C12H12N2OS2. The number of anilines is 1. The maximum atomic E-state index is 11.5. The topological polar surface area (TPSA) is 32.3 Å². The van der Waals surface area contributed by atoms with Crippen LogP contribution in [0.5, 0.6) is 0 Å². The number of amides is 1. The van der Waals surface area contributed by atoms with E-state index in [-0.39, 0.29) is 5.91 Å². The smallest absolute Gasteiger partial charge is 0.263 e. The lowest BCUT2D eigenvalue weighted by molar-refractivity contribution is -0.115. The summed E-state index contributed by atoms with van der Waals surface area (Å²) in [6.07, 6.45) is 1.85. The number of nitrogens with zero attached hydrogens (tertiary/aromatic N) is 1. The largest absolute Gasteiger partial charge is 0.378 e. The number of rotatable bonds is 2. The van der Waals surface area contributed by atoms with Gasteiger partial charge < -0.3 is 10.2 Å². The number of thiocarbonyl (C=S) groups is 1. The van der Waals surface area contributed by atoms with Crippen molar-refractivity contribution in [3.63, 3.8) is 0 Å². The standard InChI is InChI=1S/C12H12N2OS2/c1-14(2)9-5-3-8(4-6-9)7-10-11(15)13-12(16)17-10/h3-7H,1-2H3,(H,13,15,16)/b10-7+. The van der Waals surface area contributed by atoms with Crippen molar-refractivity contribution < 1.29 is 4.79 Å². The molecule has 1 fully saturated rings. The van der Waals surface area contributed by atoms with Gasteiger partial charge in [0.15, 0.2) is 0 Å². The molecule has 1 aromatic rings. The monoisotopic (exact) mass is 264 g/mol. The molecule has 5 heteroatoms. The number of thioether (sulfide) groups is 1. The summed E-state index contributed by atoms with van der Waals surface area (Å²) in [6.45, 7) is 0. The van der Waals surface area contributed by atoms with Crippen molar-refractivity contribution in [2.24, 2.45) is 0 Å². The molecule has 0 unspecified atom stereocenters. The molecule has 0 radical (unpaired) electrons. The van der Waals surface area contributed by atoms with E-state index in [1.807, 2.05) is 49.3 Å². The molecular weight excluding hydrogens is 252 g/mol. The maximum absolute atomic E-state index is 11.5. The molecule has 0 bridgehead atoms. The highest BCUT2D eigenvalue weighted by Gasteiger charge is 2.21. The Hall–Kier alpha value is -1.33. The summed E-state index contributed by atoms with van der Waals surface area (Å²) in [6, 6.07) is 8.00. The van der Waals surface area contributed by atoms with Gasteiger partial charge in [-0.3, -0.25) is 4.79 Å². The maximum Gasteiger partial charge on any atom is 0.263 e. The Bertz CT molecular complexity index is 492. The van der Waals surface area contributed by atoms with E-state index in [0.717, 1.165) is 11.3 Å². The van der Waals surface area contributed by atoms with Gasteiger partial charge >= 0.3 is 0 Å². The fourth-order valence-corrected chi connectivity index (χ4v) is 2.49. The van der Waals surface area contributed by atoms with Gasteiger partial charge in [-0.25, -0.2) is 0 Å². The predicted octanol–water partition coefficient (Wildman–Crippen LogP) is 2.24. The van der Waals surface area contributed by atoms with Gasteiger partial charge in [0.05, 0.1) is 4.91 Å². The van der Waals surface area contributed by atoms with Crippen LogP contribution in [0.15, 0.2) is 29.2 Å². The summed E-state index contributed by atoms with van der Waals surface area (Å²) >= 11 is 6.23. The van der Waals surface area contributed by atoms with Crippen molar-refractivity contribution in [3.8, 4) is 0 Å². The minimum absolute atomic E-state index is 0.114. The van der Waals surface area contributed by atoms with Crippen LogP contribution in [0.2, 0.25) is 0 Å². The van der Waals surface area contributed by atoms with E-state index >= 15 is 0 Å². The lowest BCUT2D eigenvalue weighted by Gasteiger charge is -2.11. The van der Waals surface area contributed by atoms with Crippen LogP contribution < -0.4 is 10.2 Å². The molecule has 1 amide bonds. The van der Waals surface area contributed by atoms with Crippen LogP contribution in [0.25, 0.3) is 6.08 Å². The Morgan fingerprint density at radius 1 is 1.29 bits per heavy atom. The molecule has 0 spiro atoms. The Kier molecular flexibility index (Phi) is 3.49. The zero-order chi connectivity index (χ0) is 12.4. The summed E-state index contributed by atoms with van der Waals surface area (Å²) < 4.78 is 0.520. The van der Waals surface area contributed by atoms with Gasteiger partial charge in [0.1, 0.15) is 4.32 Å². The van der Waals surface area contributed by atoms with Crippen molar-refractivity contribution in [2.45, 2.75) is 0 Å². The van der Waals surface area contributed by atoms with Crippen LogP contribution in [-0.2, 0) is 4.79 Å². The van der Waals surface area contributed by atoms with Crippen molar-refractivity contribution in [3.05, 3.63) is 34.7 Å². The predicted molar refractivity (Wildman–Crippen MR) is 77.1 cm³/mol. The zero-order valence-electron chi connectivity index (χ0n) is 9.56. The van der Waals surface area contributed by atoms with Gasteiger partial charge in [-0.2, -0.15) is 0 Å².